The van der Waals surface area contributed by atoms with Crippen LogP contribution in [0.15, 0.2) is 64.4 Å². The number of hydrogen-bond acceptors (Lipinski definition) is 3. The highest BCUT2D eigenvalue weighted by atomic mass is 32.2. The van der Waals surface area contributed by atoms with Gasteiger partial charge in [-0.3, -0.25) is 9.59 Å². The lowest BCUT2D eigenvalue weighted by Gasteiger charge is -2.04. The van der Waals surface area contributed by atoms with Crippen LogP contribution in [0.2, 0.25) is 0 Å². The van der Waals surface area contributed by atoms with E-state index in [1.807, 2.05) is 6.07 Å². The molecule has 3 heteroatoms. The first-order valence-electron chi connectivity index (χ1n) is 8.08. The predicted molar refractivity (Wildman–Crippen MR) is 94.9 cm³/mol. The van der Waals surface area contributed by atoms with Crippen LogP contribution in [0, 0.1) is 0 Å². The summed E-state index contributed by atoms with van der Waals surface area (Å²) in [6.07, 6.45) is 5.96. The summed E-state index contributed by atoms with van der Waals surface area (Å²) >= 11 is 1.78. The minimum absolute atomic E-state index is 0.281. The van der Waals surface area contributed by atoms with Gasteiger partial charge in [0.25, 0.3) is 0 Å². The van der Waals surface area contributed by atoms with E-state index >= 15 is 0 Å². The van der Waals surface area contributed by atoms with Crippen molar-refractivity contribution < 1.29 is 9.59 Å². The smallest absolute Gasteiger partial charge is 0.195 e. The molecule has 23 heavy (non-hydrogen) atoms. The molecule has 0 bridgehead atoms. The SMILES string of the molecule is O=CC(=O)CCCCCCc1ccc(Sc2ccccc2)cc1. The van der Waals surface area contributed by atoms with Gasteiger partial charge in [-0.05, 0) is 49.1 Å². The van der Waals surface area contributed by atoms with Crippen molar-refractivity contribution in [1.82, 2.24) is 0 Å². The van der Waals surface area contributed by atoms with Crippen molar-refractivity contribution in [2.45, 2.75) is 48.3 Å². The van der Waals surface area contributed by atoms with Crippen molar-refractivity contribution in [3.05, 3.63) is 60.2 Å². The molecule has 0 aliphatic rings. The lowest BCUT2D eigenvalue weighted by atomic mass is 10.0. The minimum atomic E-state index is -0.281. The van der Waals surface area contributed by atoms with E-state index in [1.54, 1.807) is 11.8 Å². The van der Waals surface area contributed by atoms with Gasteiger partial charge in [0.2, 0.25) is 0 Å². The second-order valence-corrected chi connectivity index (χ2v) is 6.70. The zero-order valence-corrected chi connectivity index (χ0v) is 14.1. The molecular formula is C20H22O2S. The molecule has 0 atom stereocenters. The first-order valence-corrected chi connectivity index (χ1v) is 8.89. The zero-order valence-electron chi connectivity index (χ0n) is 13.2. The lowest BCUT2D eigenvalue weighted by Crippen LogP contribution is -1.97. The largest absolute Gasteiger partial charge is 0.295 e. The molecule has 0 N–H and O–H groups in total. The molecular weight excluding hydrogens is 304 g/mol. The number of rotatable bonds is 10. The number of aryl methyl sites for hydroxylation is 1. The van der Waals surface area contributed by atoms with Gasteiger partial charge in [0, 0.05) is 16.2 Å². The molecule has 2 nitrogen and oxygen atoms in total. The minimum Gasteiger partial charge on any atom is -0.295 e. The Bertz CT molecular complexity index is 605. The first-order chi connectivity index (χ1) is 11.3. The third-order valence-electron chi connectivity index (χ3n) is 3.67. The Labute approximate surface area is 142 Å². The summed E-state index contributed by atoms with van der Waals surface area (Å²) in [5, 5.41) is 0. The fraction of sp³-hybridized carbons (Fsp3) is 0.300. The molecule has 0 spiro atoms. The fourth-order valence-corrected chi connectivity index (χ4v) is 3.23. The molecule has 0 fully saturated rings. The highest BCUT2D eigenvalue weighted by molar-refractivity contribution is 7.99. The summed E-state index contributed by atoms with van der Waals surface area (Å²) in [6, 6.07) is 19.1. The van der Waals surface area contributed by atoms with Crippen molar-refractivity contribution in [1.29, 1.82) is 0 Å². The standard InChI is InChI=1S/C20H22O2S/c21-16-18(22)9-5-2-1-4-8-17-12-14-20(15-13-17)23-19-10-6-3-7-11-19/h3,6-7,10-16H,1-2,4-5,8-9H2. The van der Waals surface area contributed by atoms with Crippen LogP contribution in [0.1, 0.15) is 37.7 Å². The van der Waals surface area contributed by atoms with Crippen LogP contribution in [0.5, 0.6) is 0 Å². The maximum Gasteiger partial charge on any atom is 0.195 e. The van der Waals surface area contributed by atoms with Crippen molar-refractivity contribution in [2.24, 2.45) is 0 Å². The van der Waals surface area contributed by atoms with Crippen molar-refractivity contribution >= 4 is 23.8 Å². The number of Topliss-reactive ketones (excluding diaryl/α,β-unsaturated/α-hetero) is 1. The molecule has 0 saturated heterocycles. The van der Waals surface area contributed by atoms with Gasteiger partial charge in [0.05, 0.1) is 0 Å². The Balaban J connectivity index is 1.67. The molecule has 2 rings (SSSR count). The molecule has 0 radical (unpaired) electrons. The van der Waals surface area contributed by atoms with Gasteiger partial charge in [-0.15, -0.1) is 0 Å². The zero-order chi connectivity index (χ0) is 16.3. The predicted octanol–water partition coefficient (Wildman–Crippen LogP) is 5.10. The van der Waals surface area contributed by atoms with E-state index in [1.165, 1.54) is 15.4 Å². The Morgan fingerprint density at radius 1 is 0.826 bits per heavy atom. The second-order valence-electron chi connectivity index (χ2n) is 5.56. The number of carbonyl (C=O) groups excluding carboxylic acids is 2. The van der Waals surface area contributed by atoms with E-state index < -0.39 is 0 Å². The quantitative estimate of drug-likeness (QED) is 0.346. The third-order valence-corrected chi connectivity index (χ3v) is 4.69. The molecule has 2 aromatic carbocycles. The number of hydrogen-bond donors (Lipinski definition) is 0. The molecule has 0 unspecified atom stereocenters. The van der Waals surface area contributed by atoms with Crippen LogP contribution >= 0.6 is 11.8 Å². The van der Waals surface area contributed by atoms with Gasteiger partial charge < -0.3 is 0 Å². The summed E-state index contributed by atoms with van der Waals surface area (Å²) < 4.78 is 0. The molecule has 0 aliphatic carbocycles. The number of unbranched alkanes of at least 4 members (excludes halogenated alkanes) is 3. The highest BCUT2D eigenvalue weighted by Crippen LogP contribution is 2.27. The van der Waals surface area contributed by atoms with Gasteiger partial charge in [-0.25, -0.2) is 0 Å². The molecule has 0 heterocycles. The average molecular weight is 326 g/mol. The van der Waals surface area contributed by atoms with Gasteiger partial charge in [-0.2, -0.15) is 0 Å². The van der Waals surface area contributed by atoms with Crippen molar-refractivity contribution in [3.8, 4) is 0 Å². The Morgan fingerprint density at radius 3 is 2.17 bits per heavy atom. The van der Waals surface area contributed by atoms with E-state index in [9.17, 15) is 9.59 Å². The van der Waals surface area contributed by atoms with Crippen LogP contribution in [0.25, 0.3) is 0 Å². The summed E-state index contributed by atoms with van der Waals surface area (Å²) in [6.45, 7) is 0. The summed E-state index contributed by atoms with van der Waals surface area (Å²) in [5.74, 6) is -0.281. The third kappa shape index (κ3) is 6.83. The average Bonchev–Trinajstić information content (AvgIpc) is 2.60. The monoisotopic (exact) mass is 326 g/mol. The molecule has 120 valence electrons. The number of carbonyl (C=O) groups is 2. The lowest BCUT2D eigenvalue weighted by molar-refractivity contribution is -0.129. The number of benzene rings is 2. The number of ketones is 1. The van der Waals surface area contributed by atoms with Crippen LogP contribution in [0.3, 0.4) is 0 Å². The molecule has 2 aromatic rings. The topological polar surface area (TPSA) is 34.1 Å². The Kier molecular flexibility index (Phi) is 7.61. The maximum absolute atomic E-state index is 10.9. The van der Waals surface area contributed by atoms with Crippen molar-refractivity contribution in [3.63, 3.8) is 0 Å². The Hall–Kier alpha value is -1.87. The van der Waals surface area contributed by atoms with E-state index in [4.69, 9.17) is 0 Å². The summed E-state index contributed by atoms with van der Waals surface area (Å²) in [4.78, 5) is 23.6. The van der Waals surface area contributed by atoms with Gasteiger partial charge >= 0.3 is 0 Å². The molecule has 0 amide bonds. The Morgan fingerprint density at radius 2 is 1.48 bits per heavy atom. The van der Waals surface area contributed by atoms with Crippen molar-refractivity contribution in [2.75, 3.05) is 0 Å². The first kappa shape index (κ1) is 17.5. The molecule has 0 aromatic heterocycles. The highest BCUT2D eigenvalue weighted by Gasteiger charge is 2.00. The number of aldehydes is 1. The van der Waals surface area contributed by atoms with Gasteiger partial charge in [0.15, 0.2) is 12.1 Å². The van der Waals surface area contributed by atoms with E-state index in [-0.39, 0.29) is 5.78 Å². The van der Waals surface area contributed by atoms with Gasteiger partial charge in [-0.1, -0.05) is 54.9 Å². The van der Waals surface area contributed by atoms with Crippen LogP contribution < -0.4 is 0 Å². The summed E-state index contributed by atoms with van der Waals surface area (Å²) in [7, 11) is 0. The van der Waals surface area contributed by atoms with Crippen LogP contribution in [-0.2, 0) is 16.0 Å². The van der Waals surface area contributed by atoms with E-state index in [2.05, 4.69) is 48.5 Å². The van der Waals surface area contributed by atoms with E-state index in [0.29, 0.717) is 12.7 Å². The molecule has 0 aliphatic heterocycles. The second kappa shape index (κ2) is 10.0. The van der Waals surface area contributed by atoms with E-state index in [0.717, 1.165) is 32.1 Å². The summed E-state index contributed by atoms with van der Waals surface area (Å²) in [5.41, 5.74) is 1.35. The maximum atomic E-state index is 10.9. The normalized spacial score (nSPS) is 10.4. The van der Waals surface area contributed by atoms with Crippen LogP contribution in [-0.4, -0.2) is 12.1 Å². The fourth-order valence-electron chi connectivity index (χ4n) is 2.39. The van der Waals surface area contributed by atoms with Crippen LogP contribution in [0.4, 0.5) is 0 Å². The van der Waals surface area contributed by atoms with Gasteiger partial charge in [0.1, 0.15) is 0 Å². The molecule has 0 saturated carbocycles.